The molecule has 8 nitrogen and oxygen atoms in total. The number of nitrogens with one attached hydrogen (secondary N) is 2. The molecule has 2 aromatic rings. The number of amides is 2. The van der Waals surface area contributed by atoms with Gasteiger partial charge in [0.05, 0.1) is 25.3 Å². The molecule has 0 aliphatic rings. The van der Waals surface area contributed by atoms with Crippen molar-refractivity contribution in [2.45, 2.75) is 41.0 Å². The lowest BCUT2D eigenvalue weighted by Gasteiger charge is -2.13. The van der Waals surface area contributed by atoms with Gasteiger partial charge in [-0.15, -0.1) is 0 Å². The van der Waals surface area contributed by atoms with E-state index in [1.165, 1.54) is 6.07 Å². The van der Waals surface area contributed by atoms with Gasteiger partial charge in [0.2, 0.25) is 5.91 Å². The summed E-state index contributed by atoms with van der Waals surface area (Å²) in [5.41, 5.74) is 3.95. The Morgan fingerprint density at radius 1 is 0.879 bits per heavy atom. The zero-order valence-corrected chi connectivity index (χ0v) is 19.9. The molecule has 33 heavy (non-hydrogen) atoms. The molecule has 0 saturated carbocycles. The highest BCUT2D eigenvalue weighted by molar-refractivity contribution is 5.96. The van der Waals surface area contributed by atoms with E-state index in [1.807, 2.05) is 46.8 Å². The predicted molar refractivity (Wildman–Crippen MR) is 126 cm³/mol. The van der Waals surface area contributed by atoms with Gasteiger partial charge in [0.15, 0.2) is 18.1 Å². The number of aryl methyl sites for hydroxylation is 3. The van der Waals surface area contributed by atoms with Gasteiger partial charge in [-0.2, -0.15) is 0 Å². The van der Waals surface area contributed by atoms with Gasteiger partial charge in [0.1, 0.15) is 0 Å². The summed E-state index contributed by atoms with van der Waals surface area (Å²) in [7, 11) is 0. The van der Waals surface area contributed by atoms with Crippen LogP contribution in [0.15, 0.2) is 30.3 Å². The summed E-state index contributed by atoms with van der Waals surface area (Å²) in [6.45, 7) is 9.82. The van der Waals surface area contributed by atoms with Crippen LogP contribution < -0.4 is 20.1 Å². The maximum absolute atomic E-state index is 12.3. The van der Waals surface area contributed by atoms with Crippen LogP contribution in [-0.4, -0.2) is 44.1 Å². The molecule has 0 unspecified atom stereocenters. The Labute approximate surface area is 194 Å². The topological polar surface area (TPSA) is 103 Å². The summed E-state index contributed by atoms with van der Waals surface area (Å²) in [6, 6.07) is 8.65. The Kier molecular flexibility index (Phi) is 9.72. The van der Waals surface area contributed by atoms with Crippen LogP contribution in [0.4, 0.5) is 5.69 Å². The Bertz CT molecular complexity index is 979. The molecule has 0 aliphatic heterocycles. The van der Waals surface area contributed by atoms with Crippen molar-refractivity contribution in [1.29, 1.82) is 0 Å². The van der Waals surface area contributed by atoms with Crippen LogP contribution in [0.25, 0.3) is 0 Å². The molecule has 178 valence electrons. The largest absolute Gasteiger partial charge is 0.490 e. The van der Waals surface area contributed by atoms with Crippen LogP contribution in [0, 0.1) is 20.8 Å². The first kappa shape index (κ1) is 25.7. The first-order chi connectivity index (χ1) is 15.7. The number of anilines is 1. The minimum Gasteiger partial charge on any atom is -0.490 e. The molecule has 2 amide bonds. The average Bonchev–Trinajstić information content (AvgIpc) is 2.77. The molecule has 2 aromatic carbocycles. The summed E-state index contributed by atoms with van der Waals surface area (Å²) in [5, 5.41) is 5.25. The zero-order chi connectivity index (χ0) is 24.4. The molecule has 2 N–H and O–H groups in total. The van der Waals surface area contributed by atoms with Gasteiger partial charge < -0.3 is 24.8 Å². The molecule has 8 heteroatoms. The van der Waals surface area contributed by atoms with Gasteiger partial charge in [-0.3, -0.25) is 9.59 Å². The Morgan fingerprint density at radius 2 is 1.58 bits per heavy atom. The van der Waals surface area contributed by atoms with Crippen LogP contribution in [0.5, 0.6) is 11.5 Å². The highest BCUT2D eigenvalue weighted by Gasteiger charge is 2.15. The van der Waals surface area contributed by atoms with Crippen molar-refractivity contribution < 1.29 is 28.6 Å². The molecule has 0 radical (unpaired) electrons. The molecule has 0 spiro atoms. The fourth-order valence-corrected chi connectivity index (χ4v) is 3.24. The number of carbonyl (C=O) groups excluding carboxylic acids is 3. The van der Waals surface area contributed by atoms with Crippen molar-refractivity contribution in [3.63, 3.8) is 0 Å². The molecular weight excluding hydrogens is 424 g/mol. The maximum Gasteiger partial charge on any atom is 0.338 e. The van der Waals surface area contributed by atoms with Gasteiger partial charge in [-0.25, -0.2) is 4.79 Å². The molecular formula is C25H32N2O6. The third-order valence-corrected chi connectivity index (χ3v) is 4.66. The van der Waals surface area contributed by atoms with E-state index in [1.54, 1.807) is 12.1 Å². The first-order valence-corrected chi connectivity index (χ1v) is 11.0. The van der Waals surface area contributed by atoms with Crippen molar-refractivity contribution in [2.24, 2.45) is 0 Å². The number of carbonyl (C=O) groups is 3. The Hall–Kier alpha value is -3.55. The SMILES string of the molecule is CCCOc1ccc(C(=O)OCC(=O)NCC(=O)Nc2c(C)cc(C)cc2C)cc1OCC. The third kappa shape index (κ3) is 7.82. The second-order valence-corrected chi connectivity index (χ2v) is 7.62. The van der Waals surface area contributed by atoms with E-state index in [9.17, 15) is 14.4 Å². The minimum atomic E-state index is -0.677. The fraction of sp³-hybridized carbons (Fsp3) is 0.400. The highest BCUT2D eigenvalue weighted by Crippen LogP contribution is 2.29. The first-order valence-electron chi connectivity index (χ1n) is 11.0. The highest BCUT2D eigenvalue weighted by atomic mass is 16.5. The molecule has 0 heterocycles. The van der Waals surface area contributed by atoms with E-state index in [2.05, 4.69) is 10.6 Å². The fourth-order valence-electron chi connectivity index (χ4n) is 3.24. The third-order valence-electron chi connectivity index (χ3n) is 4.66. The number of ether oxygens (including phenoxy) is 3. The zero-order valence-electron chi connectivity index (χ0n) is 19.9. The van der Waals surface area contributed by atoms with Gasteiger partial charge in [0, 0.05) is 5.69 Å². The van der Waals surface area contributed by atoms with E-state index < -0.39 is 18.5 Å². The van der Waals surface area contributed by atoms with Crippen molar-refractivity contribution >= 4 is 23.5 Å². The van der Waals surface area contributed by atoms with Crippen molar-refractivity contribution in [1.82, 2.24) is 5.32 Å². The molecule has 0 bridgehead atoms. The standard InChI is InChI=1S/C25H32N2O6/c1-6-10-32-20-9-8-19(13-21(20)31-7-2)25(30)33-15-23(29)26-14-22(28)27-24-17(4)11-16(3)12-18(24)5/h8-9,11-13H,6-7,10,14-15H2,1-5H3,(H,26,29)(H,27,28). The summed E-state index contributed by atoms with van der Waals surface area (Å²) in [6.07, 6.45) is 0.840. The van der Waals surface area contributed by atoms with Crippen molar-refractivity contribution in [3.05, 3.63) is 52.6 Å². The van der Waals surface area contributed by atoms with Gasteiger partial charge in [-0.1, -0.05) is 24.6 Å². The lowest BCUT2D eigenvalue weighted by Crippen LogP contribution is -2.35. The van der Waals surface area contributed by atoms with E-state index in [-0.39, 0.29) is 18.0 Å². The maximum atomic E-state index is 12.3. The summed E-state index contributed by atoms with van der Waals surface area (Å²) < 4.78 is 16.2. The van der Waals surface area contributed by atoms with Crippen LogP contribution in [0.1, 0.15) is 47.3 Å². The summed E-state index contributed by atoms with van der Waals surface area (Å²) in [5.74, 6) is -0.651. The average molecular weight is 457 g/mol. The molecule has 0 aliphatic carbocycles. The Morgan fingerprint density at radius 3 is 2.21 bits per heavy atom. The second-order valence-electron chi connectivity index (χ2n) is 7.62. The van der Waals surface area contributed by atoms with E-state index in [0.717, 1.165) is 28.8 Å². The minimum absolute atomic E-state index is 0.234. The number of hydrogen-bond acceptors (Lipinski definition) is 6. The lowest BCUT2D eigenvalue weighted by molar-refractivity contribution is -0.126. The number of rotatable bonds is 11. The van der Waals surface area contributed by atoms with Crippen LogP contribution in [0.2, 0.25) is 0 Å². The lowest BCUT2D eigenvalue weighted by atomic mass is 10.1. The molecule has 0 atom stereocenters. The van der Waals surface area contributed by atoms with Crippen molar-refractivity contribution in [3.8, 4) is 11.5 Å². The van der Waals surface area contributed by atoms with Crippen LogP contribution >= 0.6 is 0 Å². The number of esters is 1. The van der Waals surface area contributed by atoms with Crippen LogP contribution in [0.3, 0.4) is 0 Å². The Balaban J connectivity index is 1.86. The molecule has 2 rings (SSSR count). The summed E-state index contributed by atoms with van der Waals surface area (Å²) in [4.78, 5) is 36.6. The van der Waals surface area contributed by atoms with Gasteiger partial charge in [-0.05, 0) is 63.4 Å². The smallest absolute Gasteiger partial charge is 0.338 e. The molecule has 0 saturated heterocycles. The van der Waals surface area contributed by atoms with E-state index in [0.29, 0.717) is 24.7 Å². The normalized spacial score (nSPS) is 10.3. The number of benzene rings is 2. The molecule has 0 fully saturated rings. The molecule has 0 aromatic heterocycles. The van der Waals surface area contributed by atoms with Crippen LogP contribution in [-0.2, 0) is 14.3 Å². The monoisotopic (exact) mass is 456 g/mol. The predicted octanol–water partition coefficient (Wildman–Crippen LogP) is 3.71. The number of hydrogen-bond donors (Lipinski definition) is 2. The second kappa shape index (κ2) is 12.5. The van der Waals surface area contributed by atoms with E-state index >= 15 is 0 Å². The van der Waals surface area contributed by atoms with E-state index in [4.69, 9.17) is 14.2 Å². The van der Waals surface area contributed by atoms with Gasteiger partial charge in [0.25, 0.3) is 5.91 Å². The summed E-state index contributed by atoms with van der Waals surface area (Å²) >= 11 is 0. The quantitative estimate of drug-likeness (QED) is 0.500. The van der Waals surface area contributed by atoms with Gasteiger partial charge >= 0.3 is 5.97 Å². The van der Waals surface area contributed by atoms with Crippen molar-refractivity contribution in [2.75, 3.05) is 31.7 Å².